The summed E-state index contributed by atoms with van der Waals surface area (Å²) in [5.74, 6) is 0.0800. The molecular weight excluding hydrogens is 386 g/mol. The summed E-state index contributed by atoms with van der Waals surface area (Å²) in [4.78, 5) is 13.2. The summed E-state index contributed by atoms with van der Waals surface area (Å²) < 4.78 is 33.0. The van der Waals surface area contributed by atoms with Gasteiger partial charge in [-0.15, -0.1) is 0 Å². The zero-order chi connectivity index (χ0) is 20.4. The molecule has 0 N–H and O–H groups in total. The van der Waals surface area contributed by atoms with Gasteiger partial charge >= 0.3 is 10.1 Å². The van der Waals surface area contributed by atoms with Crippen LogP contribution in [0.2, 0.25) is 0 Å². The van der Waals surface area contributed by atoms with Gasteiger partial charge in [-0.05, 0) is 29.8 Å². The fraction of sp³-hybridized carbons (Fsp3) is 0.0870. The van der Waals surface area contributed by atoms with E-state index in [2.05, 4.69) is 0 Å². The minimum Gasteiger partial charge on any atom is -0.378 e. The maximum atomic E-state index is 13.1. The number of aryl methyl sites for hydroxylation is 1. The smallest absolute Gasteiger partial charge is 0.339 e. The van der Waals surface area contributed by atoms with Gasteiger partial charge in [0.1, 0.15) is 4.90 Å². The van der Waals surface area contributed by atoms with Crippen molar-refractivity contribution in [3.63, 3.8) is 0 Å². The highest BCUT2D eigenvalue weighted by atomic mass is 32.2. The predicted octanol–water partition coefficient (Wildman–Crippen LogP) is 3.90. The van der Waals surface area contributed by atoms with Gasteiger partial charge in [0.2, 0.25) is 0 Å². The summed E-state index contributed by atoms with van der Waals surface area (Å²) in [6.07, 6.45) is 0.262. The first-order valence-electron chi connectivity index (χ1n) is 9.11. The number of pyridine rings is 1. The molecule has 0 aliphatic rings. The van der Waals surface area contributed by atoms with Gasteiger partial charge in [-0.1, -0.05) is 60.7 Å². The minimum atomic E-state index is -4.10. The third kappa shape index (κ3) is 3.67. The Hall–Kier alpha value is -3.38. The second-order valence-electron chi connectivity index (χ2n) is 6.70. The fourth-order valence-corrected chi connectivity index (χ4v) is 4.32. The van der Waals surface area contributed by atoms with Crippen LogP contribution in [0.4, 0.5) is 0 Å². The maximum Gasteiger partial charge on any atom is 0.339 e. The summed E-state index contributed by atoms with van der Waals surface area (Å²) in [5.41, 5.74) is 1.51. The number of nitrogens with zero attached hydrogens (tertiary/aromatic N) is 1. The Morgan fingerprint density at radius 1 is 0.828 bits per heavy atom. The van der Waals surface area contributed by atoms with Crippen molar-refractivity contribution in [1.29, 1.82) is 0 Å². The van der Waals surface area contributed by atoms with E-state index in [0.717, 1.165) is 5.56 Å². The molecule has 0 aliphatic carbocycles. The van der Waals surface area contributed by atoms with Gasteiger partial charge in [0.05, 0.1) is 11.1 Å². The van der Waals surface area contributed by atoms with Gasteiger partial charge in [0.15, 0.2) is 5.75 Å². The Kier molecular flexibility index (Phi) is 4.94. The Bertz CT molecular complexity index is 1330. The molecule has 5 nitrogen and oxygen atoms in total. The van der Waals surface area contributed by atoms with E-state index in [0.29, 0.717) is 16.5 Å². The average Bonchev–Trinajstić information content (AvgIpc) is 2.76. The lowest BCUT2D eigenvalue weighted by Crippen LogP contribution is -2.24. The van der Waals surface area contributed by atoms with Crippen LogP contribution in [-0.2, 0) is 23.6 Å². The number of aromatic nitrogens is 1. The fourth-order valence-electron chi connectivity index (χ4n) is 3.33. The average molecular weight is 405 g/mol. The lowest BCUT2D eigenvalue weighted by atomic mass is 10.0. The van der Waals surface area contributed by atoms with Crippen molar-refractivity contribution in [2.24, 2.45) is 7.05 Å². The normalized spacial score (nSPS) is 11.5. The van der Waals surface area contributed by atoms with Crippen LogP contribution in [-0.4, -0.2) is 13.0 Å². The first-order chi connectivity index (χ1) is 14.0. The monoisotopic (exact) mass is 405 g/mol. The number of hydrogen-bond donors (Lipinski definition) is 0. The van der Waals surface area contributed by atoms with E-state index >= 15 is 0 Å². The summed E-state index contributed by atoms with van der Waals surface area (Å²) in [7, 11) is -2.42. The SMILES string of the molecule is Cn1c(=O)c(Cc2ccccc2)c(OS(=O)(=O)c2ccccc2)c2ccccc21. The molecular formula is C23H19NO4S. The molecule has 0 aliphatic heterocycles. The molecule has 3 aromatic carbocycles. The van der Waals surface area contributed by atoms with Crippen LogP contribution >= 0.6 is 0 Å². The molecule has 1 aromatic heterocycles. The Balaban J connectivity index is 1.94. The molecule has 0 spiro atoms. The van der Waals surface area contributed by atoms with Gasteiger partial charge < -0.3 is 8.75 Å². The number of hydrogen-bond acceptors (Lipinski definition) is 4. The number of benzene rings is 3. The van der Waals surface area contributed by atoms with Crippen molar-refractivity contribution in [3.8, 4) is 5.75 Å². The summed E-state index contributed by atoms with van der Waals surface area (Å²) in [5, 5.41) is 0.569. The van der Waals surface area contributed by atoms with Gasteiger partial charge in [-0.25, -0.2) is 0 Å². The van der Waals surface area contributed by atoms with E-state index in [4.69, 9.17) is 4.18 Å². The first-order valence-corrected chi connectivity index (χ1v) is 10.5. The Labute approximate surface area is 168 Å². The molecule has 0 saturated heterocycles. The predicted molar refractivity (Wildman–Crippen MR) is 113 cm³/mol. The third-order valence-corrected chi connectivity index (χ3v) is 6.03. The molecule has 0 radical (unpaired) electrons. The molecule has 0 atom stereocenters. The second-order valence-corrected chi connectivity index (χ2v) is 8.25. The van der Waals surface area contributed by atoms with Crippen molar-refractivity contribution < 1.29 is 12.6 Å². The van der Waals surface area contributed by atoms with Crippen molar-refractivity contribution >= 4 is 21.0 Å². The van der Waals surface area contributed by atoms with Crippen molar-refractivity contribution in [3.05, 3.63) is 106 Å². The van der Waals surface area contributed by atoms with Crippen molar-refractivity contribution in [2.45, 2.75) is 11.3 Å². The zero-order valence-electron chi connectivity index (χ0n) is 15.8. The molecule has 4 rings (SSSR count). The number of rotatable bonds is 5. The second kappa shape index (κ2) is 7.56. The lowest BCUT2D eigenvalue weighted by Gasteiger charge is -2.16. The molecule has 0 fully saturated rings. The van der Waals surface area contributed by atoms with E-state index in [-0.39, 0.29) is 22.6 Å². The van der Waals surface area contributed by atoms with Crippen LogP contribution < -0.4 is 9.74 Å². The van der Waals surface area contributed by atoms with Crippen LogP contribution in [0.25, 0.3) is 10.9 Å². The van der Waals surface area contributed by atoms with Crippen molar-refractivity contribution in [2.75, 3.05) is 0 Å². The van der Waals surface area contributed by atoms with Crippen LogP contribution in [0, 0.1) is 0 Å². The lowest BCUT2D eigenvalue weighted by molar-refractivity contribution is 0.485. The molecule has 29 heavy (non-hydrogen) atoms. The maximum absolute atomic E-state index is 13.1. The summed E-state index contributed by atoms with van der Waals surface area (Å²) >= 11 is 0. The van der Waals surface area contributed by atoms with E-state index in [1.807, 2.05) is 30.3 Å². The highest BCUT2D eigenvalue weighted by Gasteiger charge is 2.23. The molecule has 1 heterocycles. The quantitative estimate of drug-likeness (QED) is 0.473. The topological polar surface area (TPSA) is 65.4 Å². The van der Waals surface area contributed by atoms with Crippen LogP contribution in [0.1, 0.15) is 11.1 Å². The zero-order valence-corrected chi connectivity index (χ0v) is 16.6. The highest BCUT2D eigenvalue weighted by Crippen LogP contribution is 2.31. The van der Waals surface area contributed by atoms with Gasteiger partial charge in [-0.2, -0.15) is 8.42 Å². The van der Waals surface area contributed by atoms with Gasteiger partial charge in [0.25, 0.3) is 5.56 Å². The molecule has 0 amide bonds. The molecule has 6 heteroatoms. The molecule has 0 saturated carbocycles. The van der Waals surface area contributed by atoms with Crippen LogP contribution in [0.5, 0.6) is 5.75 Å². The molecule has 0 bridgehead atoms. The van der Waals surface area contributed by atoms with E-state index in [1.54, 1.807) is 49.5 Å². The minimum absolute atomic E-state index is 0.0374. The van der Waals surface area contributed by atoms with Gasteiger partial charge in [0, 0.05) is 18.9 Å². The third-order valence-electron chi connectivity index (χ3n) is 4.80. The van der Waals surface area contributed by atoms with E-state index < -0.39 is 10.1 Å². The molecule has 4 aromatic rings. The van der Waals surface area contributed by atoms with Crippen LogP contribution in [0.15, 0.2) is 94.6 Å². The van der Waals surface area contributed by atoms with Crippen molar-refractivity contribution in [1.82, 2.24) is 4.57 Å². The molecule has 0 unspecified atom stereocenters. The summed E-state index contributed by atoms with van der Waals surface area (Å²) in [6.45, 7) is 0. The van der Waals surface area contributed by atoms with Crippen LogP contribution in [0.3, 0.4) is 0 Å². The Morgan fingerprint density at radius 3 is 2.10 bits per heavy atom. The Morgan fingerprint density at radius 2 is 1.41 bits per heavy atom. The van der Waals surface area contributed by atoms with E-state index in [9.17, 15) is 13.2 Å². The largest absolute Gasteiger partial charge is 0.378 e. The summed E-state index contributed by atoms with van der Waals surface area (Å²) in [6, 6.07) is 24.5. The number of para-hydroxylation sites is 1. The first kappa shape index (κ1) is 19.0. The standard InChI is InChI=1S/C23H19NO4S/c1-24-21-15-9-8-14-19(21)22(28-29(26,27)18-12-6-3-7-13-18)20(23(24)25)16-17-10-4-2-5-11-17/h2-15H,16H2,1H3. The van der Waals surface area contributed by atoms with Gasteiger partial charge in [-0.3, -0.25) is 4.79 Å². The molecule has 146 valence electrons. The van der Waals surface area contributed by atoms with E-state index in [1.165, 1.54) is 16.7 Å². The number of fused-ring (bicyclic) bond motifs is 1. The highest BCUT2D eigenvalue weighted by molar-refractivity contribution is 7.87.